The molecule has 34 heavy (non-hydrogen) atoms. The molecule has 1 aromatic heterocycles. The molecule has 0 radical (unpaired) electrons. The van der Waals surface area contributed by atoms with Gasteiger partial charge in [0.15, 0.2) is 16.6 Å². The quantitative estimate of drug-likeness (QED) is 0.264. The molecule has 0 saturated heterocycles. The Morgan fingerprint density at radius 3 is 2.38 bits per heavy atom. The first kappa shape index (κ1) is 22.9. The molecule has 8 nitrogen and oxygen atoms in total. The molecule has 0 aliphatic carbocycles. The lowest BCUT2D eigenvalue weighted by Crippen LogP contribution is -2.13. The molecule has 1 heterocycles. The third kappa shape index (κ3) is 4.89. The molecule has 4 rings (SSSR count). The minimum absolute atomic E-state index is 0.0385. The fourth-order valence-electron chi connectivity index (χ4n) is 3.50. The van der Waals surface area contributed by atoms with Crippen LogP contribution in [0, 0.1) is 10.1 Å². The lowest BCUT2D eigenvalue weighted by atomic mass is 10.1. The summed E-state index contributed by atoms with van der Waals surface area (Å²) in [4.78, 5) is 29.2. The van der Waals surface area contributed by atoms with Crippen molar-refractivity contribution in [2.24, 2.45) is 0 Å². The third-order valence-electron chi connectivity index (χ3n) is 5.12. The van der Waals surface area contributed by atoms with Crippen molar-refractivity contribution < 1.29 is 19.2 Å². The van der Waals surface area contributed by atoms with Crippen molar-refractivity contribution in [2.75, 3.05) is 19.5 Å². The second-order valence-electron chi connectivity index (χ2n) is 7.25. The van der Waals surface area contributed by atoms with Crippen LogP contribution < -0.4 is 14.8 Å². The number of ether oxygens (including phenoxy) is 2. The van der Waals surface area contributed by atoms with E-state index < -0.39 is 4.92 Å². The van der Waals surface area contributed by atoms with Crippen LogP contribution in [0.1, 0.15) is 20.8 Å². The van der Waals surface area contributed by atoms with Crippen molar-refractivity contribution in [3.63, 3.8) is 0 Å². The van der Waals surface area contributed by atoms with Gasteiger partial charge in [-0.05, 0) is 17.7 Å². The number of amides is 1. The molecule has 0 fully saturated rings. The molecule has 0 atom stereocenters. The molecule has 0 unspecified atom stereocenters. The monoisotopic (exact) mass is 475 g/mol. The molecule has 172 valence electrons. The highest BCUT2D eigenvalue weighted by molar-refractivity contribution is 7.16. The van der Waals surface area contributed by atoms with Gasteiger partial charge in [0.25, 0.3) is 11.6 Å². The summed E-state index contributed by atoms with van der Waals surface area (Å²) in [7, 11) is 2.99. The predicted molar refractivity (Wildman–Crippen MR) is 131 cm³/mol. The Balaban J connectivity index is 1.66. The Bertz CT molecular complexity index is 1320. The van der Waals surface area contributed by atoms with Crippen LogP contribution in [0.25, 0.3) is 11.3 Å². The highest BCUT2D eigenvalue weighted by Crippen LogP contribution is 2.35. The van der Waals surface area contributed by atoms with E-state index in [-0.39, 0.29) is 11.6 Å². The van der Waals surface area contributed by atoms with Crippen molar-refractivity contribution >= 4 is 28.1 Å². The lowest BCUT2D eigenvalue weighted by molar-refractivity contribution is -0.384. The topological polar surface area (TPSA) is 104 Å². The normalized spacial score (nSPS) is 10.5. The maximum absolute atomic E-state index is 13.0. The number of aromatic nitrogens is 1. The smallest absolute Gasteiger partial charge is 0.269 e. The first-order valence-corrected chi connectivity index (χ1v) is 11.1. The molecule has 0 saturated carbocycles. The number of nitrogens with one attached hydrogen (secondary N) is 1. The number of methoxy groups -OCH3 is 2. The standard InChI is InChI=1S/C25H21N3O5S/c1-32-20-10-6-9-19(23(20)33-2)24(29)27-25-26-22(17-7-4-3-5-8-17)21(34-25)15-16-11-13-18(14-12-16)28(30)31/h3-14H,15H2,1-2H3,(H,26,27,29). The van der Waals surface area contributed by atoms with Gasteiger partial charge in [0.05, 0.1) is 30.4 Å². The first-order valence-electron chi connectivity index (χ1n) is 10.3. The van der Waals surface area contributed by atoms with Crippen molar-refractivity contribution in [1.29, 1.82) is 0 Å². The van der Waals surface area contributed by atoms with Gasteiger partial charge in [-0.15, -0.1) is 11.3 Å². The average Bonchev–Trinajstić information content (AvgIpc) is 3.26. The van der Waals surface area contributed by atoms with E-state index in [1.165, 1.54) is 37.7 Å². The first-order chi connectivity index (χ1) is 16.5. The number of anilines is 1. The Labute approximate surface area is 200 Å². The van der Waals surface area contributed by atoms with Crippen molar-refractivity contribution in [3.05, 3.63) is 98.9 Å². The van der Waals surface area contributed by atoms with Crippen LogP contribution in [0.2, 0.25) is 0 Å². The van der Waals surface area contributed by atoms with Gasteiger partial charge in [-0.2, -0.15) is 0 Å². The minimum atomic E-state index is -0.424. The van der Waals surface area contributed by atoms with Crippen LogP contribution in [-0.2, 0) is 6.42 Å². The molecule has 1 amide bonds. The Kier molecular flexibility index (Phi) is 6.84. The summed E-state index contributed by atoms with van der Waals surface area (Å²) < 4.78 is 10.7. The van der Waals surface area contributed by atoms with E-state index in [1.54, 1.807) is 30.3 Å². The number of non-ortho nitro benzene ring substituents is 1. The molecule has 4 aromatic rings. The molecule has 3 aromatic carbocycles. The van der Waals surface area contributed by atoms with Gasteiger partial charge in [-0.25, -0.2) is 4.98 Å². The maximum Gasteiger partial charge on any atom is 0.269 e. The average molecular weight is 476 g/mol. The summed E-state index contributed by atoms with van der Waals surface area (Å²) in [6, 6.07) is 21.2. The second-order valence-corrected chi connectivity index (χ2v) is 8.34. The number of carbonyl (C=O) groups excluding carboxylic acids is 1. The van der Waals surface area contributed by atoms with E-state index in [4.69, 9.17) is 14.5 Å². The van der Waals surface area contributed by atoms with Crippen LogP contribution in [0.5, 0.6) is 11.5 Å². The van der Waals surface area contributed by atoms with Crippen molar-refractivity contribution in [2.45, 2.75) is 6.42 Å². The summed E-state index contributed by atoms with van der Waals surface area (Å²) >= 11 is 1.36. The molecular weight excluding hydrogens is 454 g/mol. The number of para-hydroxylation sites is 1. The van der Waals surface area contributed by atoms with Gasteiger partial charge < -0.3 is 9.47 Å². The van der Waals surface area contributed by atoms with Gasteiger partial charge in [-0.1, -0.05) is 48.5 Å². The van der Waals surface area contributed by atoms with E-state index in [2.05, 4.69) is 5.32 Å². The number of hydrogen-bond acceptors (Lipinski definition) is 7. The highest BCUT2D eigenvalue weighted by Gasteiger charge is 2.20. The van der Waals surface area contributed by atoms with Gasteiger partial charge in [-0.3, -0.25) is 20.2 Å². The molecule has 0 aliphatic rings. The number of thiazole rings is 1. The van der Waals surface area contributed by atoms with E-state index in [1.807, 2.05) is 30.3 Å². The number of nitro benzene ring substituents is 1. The van der Waals surface area contributed by atoms with E-state index in [0.717, 1.165) is 21.7 Å². The summed E-state index contributed by atoms with van der Waals surface area (Å²) in [6.45, 7) is 0. The van der Waals surface area contributed by atoms with Gasteiger partial charge in [0.2, 0.25) is 0 Å². The number of nitrogens with zero attached hydrogens (tertiary/aromatic N) is 2. The SMILES string of the molecule is COc1cccc(C(=O)Nc2nc(-c3ccccc3)c(Cc3ccc([N+](=O)[O-])cc3)s2)c1OC. The fourth-order valence-corrected chi connectivity index (χ4v) is 4.51. The van der Waals surface area contributed by atoms with Crippen LogP contribution in [0.15, 0.2) is 72.8 Å². The van der Waals surface area contributed by atoms with Crippen LogP contribution in [0.3, 0.4) is 0 Å². The zero-order valence-corrected chi connectivity index (χ0v) is 19.3. The van der Waals surface area contributed by atoms with E-state index in [0.29, 0.717) is 28.6 Å². The van der Waals surface area contributed by atoms with E-state index in [9.17, 15) is 14.9 Å². The predicted octanol–water partition coefficient (Wildman–Crippen LogP) is 5.58. The van der Waals surface area contributed by atoms with E-state index >= 15 is 0 Å². The second kappa shape index (κ2) is 10.1. The summed E-state index contributed by atoms with van der Waals surface area (Å²) in [5, 5.41) is 14.3. The van der Waals surface area contributed by atoms with Gasteiger partial charge in [0, 0.05) is 29.0 Å². The number of nitro groups is 1. The number of rotatable bonds is 8. The van der Waals surface area contributed by atoms with Crippen LogP contribution in [0.4, 0.5) is 10.8 Å². The summed E-state index contributed by atoms with van der Waals surface area (Å²) in [5.41, 5.74) is 2.93. The number of hydrogen-bond donors (Lipinski definition) is 1. The zero-order valence-electron chi connectivity index (χ0n) is 18.5. The van der Waals surface area contributed by atoms with Crippen molar-refractivity contribution in [3.8, 4) is 22.8 Å². The Hall–Kier alpha value is -4.24. The van der Waals surface area contributed by atoms with Gasteiger partial charge >= 0.3 is 0 Å². The molecule has 1 N–H and O–H groups in total. The largest absolute Gasteiger partial charge is 0.493 e. The third-order valence-corrected chi connectivity index (χ3v) is 6.10. The molecular formula is C25H21N3O5S. The maximum atomic E-state index is 13.0. The molecule has 9 heteroatoms. The fraction of sp³-hybridized carbons (Fsp3) is 0.120. The van der Waals surface area contributed by atoms with Crippen LogP contribution >= 0.6 is 11.3 Å². The van der Waals surface area contributed by atoms with Gasteiger partial charge in [0.1, 0.15) is 0 Å². The Morgan fingerprint density at radius 1 is 1.00 bits per heavy atom. The Morgan fingerprint density at radius 2 is 1.74 bits per heavy atom. The zero-order chi connectivity index (χ0) is 24.1. The number of benzene rings is 3. The lowest BCUT2D eigenvalue weighted by Gasteiger charge is -2.11. The molecule has 0 spiro atoms. The minimum Gasteiger partial charge on any atom is -0.493 e. The molecule has 0 bridgehead atoms. The molecule has 0 aliphatic heterocycles. The highest BCUT2D eigenvalue weighted by atomic mass is 32.1. The summed E-state index contributed by atoms with van der Waals surface area (Å²) in [5.74, 6) is 0.428. The van der Waals surface area contributed by atoms with Crippen LogP contribution in [-0.4, -0.2) is 30.0 Å². The number of carbonyl (C=O) groups is 1. The van der Waals surface area contributed by atoms with Crippen molar-refractivity contribution in [1.82, 2.24) is 4.98 Å². The summed E-state index contributed by atoms with van der Waals surface area (Å²) in [6.07, 6.45) is 0.512.